The maximum atomic E-state index is 13.5. The van der Waals surface area contributed by atoms with Crippen molar-refractivity contribution in [2.75, 3.05) is 12.3 Å². The van der Waals surface area contributed by atoms with Gasteiger partial charge < -0.3 is 24.7 Å². The fraction of sp³-hybridized carbons (Fsp3) is 0.188. The van der Waals surface area contributed by atoms with E-state index in [4.69, 9.17) is 24.7 Å². The van der Waals surface area contributed by atoms with Gasteiger partial charge in [0.25, 0.3) is 0 Å². The minimum Gasteiger partial charge on any atom is -0.459 e. The van der Waals surface area contributed by atoms with Crippen LogP contribution in [-0.2, 0) is 18.9 Å². The lowest BCUT2D eigenvalue weighted by Gasteiger charge is -2.34. The number of nitrogens with two attached hydrogens (primary N) is 1. The standard InChI is InChI=1S/C32H27N5O8/c1-32(45-27(40)22-15-9-4-10-16-22)24(44-26(39)21-13-7-3-8-14-21)23(19-42-25(38)20-11-5-2-6-12-20)43-28(32)36-17-18-37-30(36)34-29(33)35-31(37)41/h2-18,23-24,28H,19H2,1H3,(H2,33,35,41)/t23-,24-,28-,32-/m1/s1. The summed E-state index contributed by atoms with van der Waals surface area (Å²) in [5.74, 6) is -2.38. The Morgan fingerprint density at radius 1 is 0.822 bits per heavy atom. The van der Waals surface area contributed by atoms with Gasteiger partial charge in [-0.1, -0.05) is 54.6 Å². The van der Waals surface area contributed by atoms with E-state index in [-0.39, 0.29) is 29.5 Å². The number of carbonyl (C=O) groups excluding carboxylic acids is 3. The van der Waals surface area contributed by atoms with Crippen LogP contribution in [0.4, 0.5) is 5.95 Å². The summed E-state index contributed by atoms with van der Waals surface area (Å²) < 4.78 is 26.7. The number of imidazole rings is 1. The minimum absolute atomic E-state index is 0.0227. The van der Waals surface area contributed by atoms with E-state index in [1.807, 2.05) is 0 Å². The molecule has 4 atom stereocenters. The second kappa shape index (κ2) is 12.1. The van der Waals surface area contributed by atoms with Crippen molar-refractivity contribution in [1.82, 2.24) is 18.9 Å². The zero-order chi connectivity index (χ0) is 31.6. The van der Waals surface area contributed by atoms with Crippen LogP contribution in [0.5, 0.6) is 0 Å². The summed E-state index contributed by atoms with van der Waals surface area (Å²) in [6.45, 7) is 1.14. The second-order valence-corrected chi connectivity index (χ2v) is 10.4. The van der Waals surface area contributed by atoms with Gasteiger partial charge in [-0.15, -0.1) is 0 Å². The Morgan fingerprint density at radius 2 is 1.38 bits per heavy atom. The van der Waals surface area contributed by atoms with E-state index in [1.54, 1.807) is 91.0 Å². The lowest BCUT2D eigenvalue weighted by Crippen LogP contribution is -2.50. The summed E-state index contributed by atoms with van der Waals surface area (Å²) in [6, 6.07) is 24.8. The first kappa shape index (κ1) is 29.3. The Bertz CT molecular complexity index is 1910. The number of aromatic nitrogens is 4. The number of nitrogens with zero attached hydrogens (tertiary/aromatic N) is 4. The van der Waals surface area contributed by atoms with Gasteiger partial charge in [-0.2, -0.15) is 9.97 Å². The molecule has 13 nitrogen and oxygen atoms in total. The monoisotopic (exact) mass is 609 g/mol. The Labute approximate surface area is 255 Å². The predicted molar refractivity (Wildman–Crippen MR) is 158 cm³/mol. The largest absolute Gasteiger partial charge is 0.459 e. The molecule has 0 spiro atoms. The van der Waals surface area contributed by atoms with Gasteiger partial charge in [0.2, 0.25) is 11.7 Å². The Kier molecular flexibility index (Phi) is 7.84. The van der Waals surface area contributed by atoms with E-state index < -0.39 is 47.6 Å². The summed E-state index contributed by atoms with van der Waals surface area (Å²) in [6.07, 6.45) is -0.846. The average Bonchev–Trinajstić information content (AvgIpc) is 3.59. The fourth-order valence-corrected chi connectivity index (χ4v) is 5.18. The number of fused-ring (bicyclic) bond motifs is 1. The molecule has 1 aliphatic rings. The highest BCUT2D eigenvalue weighted by molar-refractivity contribution is 5.91. The van der Waals surface area contributed by atoms with E-state index in [0.29, 0.717) is 5.56 Å². The number of benzene rings is 3. The SMILES string of the molecule is C[C@@]1(OC(=O)c2ccccc2)[C@H](OC(=O)c2ccccc2)[C@@H](COC(=O)c2ccccc2)O[C@H]1n1ccn2c(=O)nc(N)nc12. The molecule has 1 saturated heterocycles. The number of hydrogen-bond donors (Lipinski definition) is 1. The Balaban J connectivity index is 1.43. The molecule has 0 bridgehead atoms. The van der Waals surface area contributed by atoms with E-state index in [9.17, 15) is 19.2 Å². The van der Waals surface area contributed by atoms with Crippen molar-refractivity contribution >= 4 is 29.6 Å². The van der Waals surface area contributed by atoms with Gasteiger partial charge in [0.1, 0.15) is 12.7 Å². The lowest BCUT2D eigenvalue weighted by atomic mass is 9.95. The molecule has 3 heterocycles. The van der Waals surface area contributed by atoms with Crippen molar-refractivity contribution in [2.45, 2.75) is 31.0 Å². The van der Waals surface area contributed by atoms with Crippen LogP contribution in [0, 0.1) is 0 Å². The normalized spacial score (nSPS) is 20.9. The number of hydrogen-bond acceptors (Lipinski definition) is 11. The van der Waals surface area contributed by atoms with E-state index in [1.165, 1.54) is 23.9 Å². The number of ether oxygens (including phenoxy) is 4. The molecular weight excluding hydrogens is 582 g/mol. The molecule has 0 amide bonds. The third-order valence-corrected chi connectivity index (χ3v) is 7.36. The molecule has 45 heavy (non-hydrogen) atoms. The molecule has 0 unspecified atom stereocenters. The quantitative estimate of drug-likeness (QED) is 0.203. The Morgan fingerprint density at radius 3 is 1.98 bits per heavy atom. The number of rotatable bonds is 8. The van der Waals surface area contributed by atoms with Crippen LogP contribution >= 0.6 is 0 Å². The third-order valence-electron chi connectivity index (χ3n) is 7.36. The summed E-state index contributed by atoms with van der Waals surface area (Å²) in [4.78, 5) is 60.3. The molecular formula is C32H27N5O8. The Hall–Kier alpha value is -5.82. The molecule has 228 valence electrons. The molecule has 1 aliphatic heterocycles. The van der Waals surface area contributed by atoms with Crippen molar-refractivity contribution in [3.05, 3.63) is 131 Å². The highest BCUT2D eigenvalue weighted by Gasteiger charge is 2.60. The highest BCUT2D eigenvalue weighted by atomic mass is 16.7. The van der Waals surface area contributed by atoms with Crippen molar-refractivity contribution in [1.29, 1.82) is 0 Å². The first-order chi connectivity index (χ1) is 21.7. The number of esters is 3. The van der Waals surface area contributed by atoms with Crippen LogP contribution in [0.15, 0.2) is 108 Å². The van der Waals surface area contributed by atoms with Crippen LogP contribution in [0.3, 0.4) is 0 Å². The summed E-state index contributed by atoms with van der Waals surface area (Å²) >= 11 is 0. The molecule has 3 aromatic carbocycles. The first-order valence-electron chi connectivity index (χ1n) is 13.9. The summed E-state index contributed by atoms with van der Waals surface area (Å²) in [7, 11) is 0. The molecule has 1 fully saturated rings. The van der Waals surface area contributed by atoms with E-state index in [0.717, 1.165) is 4.40 Å². The maximum Gasteiger partial charge on any atom is 0.357 e. The van der Waals surface area contributed by atoms with Crippen LogP contribution in [0.2, 0.25) is 0 Å². The molecule has 2 aromatic heterocycles. The van der Waals surface area contributed by atoms with Gasteiger partial charge in [-0.05, 0) is 43.3 Å². The second-order valence-electron chi connectivity index (χ2n) is 10.4. The van der Waals surface area contributed by atoms with Gasteiger partial charge in [-0.25, -0.2) is 23.6 Å². The predicted octanol–water partition coefficient (Wildman–Crippen LogP) is 3.07. The van der Waals surface area contributed by atoms with Gasteiger partial charge in [0, 0.05) is 12.4 Å². The smallest absolute Gasteiger partial charge is 0.357 e. The third kappa shape index (κ3) is 5.76. The van der Waals surface area contributed by atoms with Crippen LogP contribution in [0.25, 0.3) is 5.78 Å². The highest BCUT2D eigenvalue weighted by Crippen LogP contribution is 2.44. The molecule has 0 aliphatic carbocycles. The molecule has 13 heteroatoms. The average molecular weight is 610 g/mol. The van der Waals surface area contributed by atoms with Crippen LogP contribution < -0.4 is 11.4 Å². The zero-order valence-corrected chi connectivity index (χ0v) is 23.9. The number of anilines is 1. The van der Waals surface area contributed by atoms with Gasteiger partial charge in [0.15, 0.2) is 17.9 Å². The topological polar surface area (TPSA) is 166 Å². The first-order valence-corrected chi connectivity index (χ1v) is 13.9. The van der Waals surface area contributed by atoms with Crippen LogP contribution in [-0.4, -0.2) is 61.3 Å². The van der Waals surface area contributed by atoms with E-state index in [2.05, 4.69) is 9.97 Å². The molecule has 0 saturated carbocycles. The zero-order valence-electron chi connectivity index (χ0n) is 23.9. The van der Waals surface area contributed by atoms with E-state index >= 15 is 0 Å². The summed E-state index contributed by atoms with van der Waals surface area (Å²) in [5, 5.41) is 0. The maximum absolute atomic E-state index is 13.5. The van der Waals surface area contributed by atoms with Crippen molar-refractivity contribution < 1.29 is 33.3 Å². The molecule has 5 aromatic rings. The lowest BCUT2D eigenvalue weighted by molar-refractivity contribution is -0.108. The van der Waals surface area contributed by atoms with Crippen LogP contribution in [0.1, 0.15) is 44.2 Å². The van der Waals surface area contributed by atoms with Crippen molar-refractivity contribution in [3.8, 4) is 0 Å². The van der Waals surface area contributed by atoms with Crippen molar-refractivity contribution in [3.63, 3.8) is 0 Å². The van der Waals surface area contributed by atoms with Crippen molar-refractivity contribution in [2.24, 2.45) is 0 Å². The summed E-state index contributed by atoms with van der Waals surface area (Å²) in [5.41, 5.74) is 4.09. The molecule has 6 rings (SSSR count). The number of nitrogen functional groups attached to an aromatic ring is 1. The number of carbonyl (C=O) groups is 3. The fourth-order valence-electron chi connectivity index (χ4n) is 5.18. The van der Waals surface area contributed by atoms with Gasteiger partial charge in [0.05, 0.1) is 16.7 Å². The molecule has 0 radical (unpaired) electrons. The minimum atomic E-state index is -1.77. The van der Waals surface area contributed by atoms with Gasteiger partial charge in [-0.3, -0.25) is 4.57 Å². The van der Waals surface area contributed by atoms with Gasteiger partial charge >= 0.3 is 23.6 Å². The molecule has 2 N–H and O–H groups in total.